The maximum Gasteiger partial charge on any atom is 0.351 e. The first-order valence-electron chi connectivity index (χ1n) is 7.32. The molecule has 4 rings (SSSR count). The Morgan fingerprint density at radius 1 is 1.12 bits per heavy atom. The van der Waals surface area contributed by atoms with Crippen LogP contribution in [0, 0.1) is 0 Å². The van der Waals surface area contributed by atoms with Gasteiger partial charge in [0.2, 0.25) is 0 Å². The number of thiophene rings is 1. The third kappa shape index (κ3) is 2.77. The van der Waals surface area contributed by atoms with E-state index in [1.54, 1.807) is 24.3 Å². The van der Waals surface area contributed by atoms with Crippen molar-refractivity contribution in [2.75, 3.05) is 0 Å². The summed E-state index contributed by atoms with van der Waals surface area (Å²) in [6.07, 6.45) is 0. The van der Waals surface area contributed by atoms with Gasteiger partial charge in [-0.3, -0.25) is 4.79 Å². The molecule has 8 heteroatoms. The van der Waals surface area contributed by atoms with Crippen molar-refractivity contribution < 1.29 is 9.53 Å². The van der Waals surface area contributed by atoms with E-state index in [4.69, 9.17) is 16.3 Å². The summed E-state index contributed by atoms with van der Waals surface area (Å²) >= 11 is 7.50. The Bertz CT molecular complexity index is 1170. The lowest BCUT2D eigenvalue weighted by atomic mass is 10.2. The number of carbonyl (C=O) groups excluding carboxylic acids is 1. The lowest BCUT2D eigenvalue weighted by molar-refractivity contribution is 0.0342. The highest BCUT2D eigenvalue weighted by Crippen LogP contribution is 2.35. The van der Waals surface area contributed by atoms with Crippen LogP contribution in [0.15, 0.2) is 53.3 Å². The molecule has 0 amide bonds. The minimum Gasteiger partial charge on any atom is -0.438 e. The first-order chi connectivity index (χ1) is 12.1. The van der Waals surface area contributed by atoms with E-state index in [2.05, 4.69) is 10.3 Å². The number of hydrogen-bond acceptors (Lipinski definition) is 6. The molecule has 0 aliphatic carbocycles. The number of fused-ring (bicyclic) bond motifs is 2. The number of halogens is 1. The van der Waals surface area contributed by atoms with Crippen LogP contribution in [0.1, 0.15) is 9.67 Å². The Kier molecular flexibility index (Phi) is 3.95. The average Bonchev–Trinajstić information content (AvgIpc) is 2.98. The minimum atomic E-state index is -0.604. The summed E-state index contributed by atoms with van der Waals surface area (Å²) in [5, 5.41) is 9.28. The maximum atomic E-state index is 12.3. The third-order valence-electron chi connectivity index (χ3n) is 3.67. The van der Waals surface area contributed by atoms with E-state index >= 15 is 0 Å². The number of esters is 1. The second kappa shape index (κ2) is 6.27. The molecule has 0 fully saturated rings. The first-order valence-corrected chi connectivity index (χ1v) is 8.51. The van der Waals surface area contributed by atoms with Crippen LogP contribution >= 0.6 is 22.9 Å². The molecule has 0 unspecified atom stereocenters. The van der Waals surface area contributed by atoms with Crippen LogP contribution in [-0.4, -0.2) is 21.0 Å². The molecule has 4 aromatic rings. The lowest BCUT2D eigenvalue weighted by Crippen LogP contribution is -2.26. The second-order valence-electron chi connectivity index (χ2n) is 5.21. The largest absolute Gasteiger partial charge is 0.438 e. The van der Waals surface area contributed by atoms with Crippen molar-refractivity contribution in [3.05, 3.63) is 68.8 Å². The summed E-state index contributed by atoms with van der Waals surface area (Å²) in [4.78, 5) is 25.0. The molecule has 0 bridgehead atoms. The molecule has 0 radical (unpaired) electrons. The van der Waals surface area contributed by atoms with Crippen LogP contribution < -0.4 is 5.56 Å². The quantitative estimate of drug-likeness (QED) is 0.515. The zero-order valence-corrected chi connectivity index (χ0v) is 14.3. The van der Waals surface area contributed by atoms with Gasteiger partial charge in [-0.1, -0.05) is 47.1 Å². The number of rotatable bonds is 3. The topological polar surface area (TPSA) is 74.1 Å². The van der Waals surface area contributed by atoms with E-state index in [-0.39, 0.29) is 12.3 Å². The Labute approximate surface area is 150 Å². The molecule has 0 saturated heterocycles. The first kappa shape index (κ1) is 15.7. The number of nitrogens with zero attached hydrogens (tertiary/aromatic N) is 3. The summed E-state index contributed by atoms with van der Waals surface area (Å²) in [7, 11) is 0. The number of carbonyl (C=O) groups is 1. The fourth-order valence-corrected chi connectivity index (χ4v) is 3.84. The predicted octanol–water partition coefficient (Wildman–Crippen LogP) is 3.47. The molecule has 124 valence electrons. The van der Waals surface area contributed by atoms with Gasteiger partial charge in [0, 0.05) is 10.1 Å². The van der Waals surface area contributed by atoms with Crippen LogP contribution in [0.5, 0.6) is 0 Å². The predicted molar refractivity (Wildman–Crippen MR) is 96.0 cm³/mol. The van der Waals surface area contributed by atoms with E-state index in [1.807, 2.05) is 24.3 Å². The van der Waals surface area contributed by atoms with E-state index in [0.29, 0.717) is 20.8 Å². The second-order valence-corrected chi connectivity index (χ2v) is 6.64. The molecule has 2 aromatic heterocycles. The minimum absolute atomic E-state index is 0.296. The molecule has 25 heavy (non-hydrogen) atoms. The lowest BCUT2D eigenvalue weighted by Gasteiger charge is -2.05. The number of hydrogen-bond donors (Lipinski definition) is 0. The Balaban J connectivity index is 1.60. The van der Waals surface area contributed by atoms with Gasteiger partial charge in [-0.15, -0.1) is 16.4 Å². The van der Waals surface area contributed by atoms with Crippen LogP contribution in [0.2, 0.25) is 5.02 Å². The molecule has 0 aliphatic rings. The molecule has 0 spiro atoms. The number of benzene rings is 2. The molecule has 0 aliphatic heterocycles. The Morgan fingerprint density at radius 3 is 2.64 bits per heavy atom. The zero-order valence-electron chi connectivity index (χ0n) is 12.7. The van der Waals surface area contributed by atoms with Crippen molar-refractivity contribution in [3.8, 4) is 0 Å². The van der Waals surface area contributed by atoms with Crippen molar-refractivity contribution in [2.24, 2.45) is 0 Å². The van der Waals surface area contributed by atoms with E-state index < -0.39 is 5.97 Å². The summed E-state index contributed by atoms with van der Waals surface area (Å²) in [5.41, 5.74) is 0.114. The van der Waals surface area contributed by atoms with Crippen molar-refractivity contribution in [1.29, 1.82) is 0 Å². The molecule has 0 atom stereocenters. The average molecular weight is 372 g/mol. The van der Waals surface area contributed by atoms with Crippen molar-refractivity contribution in [3.63, 3.8) is 0 Å². The molecule has 2 heterocycles. The highest BCUT2D eigenvalue weighted by atomic mass is 35.5. The molecule has 0 saturated carbocycles. The molecule has 2 aromatic carbocycles. The molecular weight excluding hydrogens is 362 g/mol. The van der Waals surface area contributed by atoms with Gasteiger partial charge < -0.3 is 4.74 Å². The molecule has 0 N–H and O–H groups in total. The summed E-state index contributed by atoms with van der Waals surface area (Å²) in [6.45, 7) is -0.333. The fraction of sp³-hybridized carbons (Fsp3) is 0.0588. The Morgan fingerprint density at radius 2 is 1.84 bits per heavy atom. The van der Waals surface area contributed by atoms with Crippen molar-refractivity contribution >= 4 is 49.9 Å². The normalized spacial score (nSPS) is 11.1. The van der Waals surface area contributed by atoms with Gasteiger partial charge >= 0.3 is 5.97 Å². The summed E-state index contributed by atoms with van der Waals surface area (Å²) in [6, 6.07) is 14.3. The van der Waals surface area contributed by atoms with Crippen molar-refractivity contribution in [2.45, 2.75) is 6.73 Å². The maximum absolute atomic E-state index is 12.3. The van der Waals surface area contributed by atoms with Gasteiger partial charge in [-0.05, 0) is 18.2 Å². The third-order valence-corrected chi connectivity index (χ3v) is 5.32. The monoisotopic (exact) mass is 371 g/mol. The van der Waals surface area contributed by atoms with Gasteiger partial charge in [0.05, 0.1) is 10.4 Å². The van der Waals surface area contributed by atoms with Crippen LogP contribution in [-0.2, 0) is 11.5 Å². The molecule has 6 nitrogen and oxygen atoms in total. The zero-order chi connectivity index (χ0) is 17.4. The van der Waals surface area contributed by atoms with Crippen molar-refractivity contribution in [1.82, 2.24) is 15.0 Å². The fourth-order valence-electron chi connectivity index (χ4n) is 2.44. The summed E-state index contributed by atoms with van der Waals surface area (Å²) in [5.74, 6) is -0.604. The highest BCUT2D eigenvalue weighted by molar-refractivity contribution is 7.21. The number of ether oxygens (including phenoxy) is 1. The van der Waals surface area contributed by atoms with Crippen LogP contribution in [0.4, 0.5) is 0 Å². The number of aromatic nitrogens is 3. The van der Waals surface area contributed by atoms with Gasteiger partial charge in [0.15, 0.2) is 6.73 Å². The van der Waals surface area contributed by atoms with Gasteiger partial charge in [-0.2, -0.15) is 4.68 Å². The Hall–Kier alpha value is -2.77. The van der Waals surface area contributed by atoms with Gasteiger partial charge in [-0.25, -0.2) is 4.79 Å². The van der Waals surface area contributed by atoms with Gasteiger partial charge in [0.1, 0.15) is 10.4 Å². The van der Waals surface area contributed by atoms with E-state index in [0.717, 1.165) is 14.8 Å². The smallest absolute Gasteiger partial charge is 0.351 e. The van der Waals surface area contributed by atoms with E-state index in [1.165, 1.54) is 11.3 Å². The van der Waals surface area contributed by atoms with E-state index in [9.17, 15) is 9.59 Å². The molecular formula is C17H10ClN3O3S. The van der Waals surface area contributed by atoms with Crippen LogP contribution in [0.25, 0.3) is 21.0 Å². The van der Waals surface area contributed by atoms with Crippen LogP contribution in [0.3, 0.4) is 0 Å². The standard InChI is InChI=1S/C17H10ClN3O3S/c18-14-11-6-2-4-8-13(11)25-15(14)17(23)24-9-21-16(22)10-5-1-3-7-12(10)19-20-21/h1-8H,9H2. The SMILES string of the molecule is O=C(OCn1nnc2ccccc2c1=O)c1sc2ccccc2c1Cl. The van der Waals surface area contributed by atoms with Gasteiger partial charge in [0.25, 0.3) is 5.56 Å². The summed E-state index contributed by atoms with van der Waals surface area (Å²) < 4.78 is 7.09. The highest BCUT2D eigenvalue weighted by Gasteiger charge is 2.18.